The molecular weight excluding hydrogens is 362 g/mol. The maximum atomic E-state index is 12.5. The summed E-state index contributed by atoms with van der Waals surface area (Å²) in [6.07, 6.45) is 5.10. The predicted molar refractivity (Wildman–Crippen MR) is 107 cm³/mol. The number of amides is 1. The van der Waals surface area contributed by atoms with E-state index in [0.29, 0.717) is 11.3 Å². The average molecular weight is 390 g/mol. The number of hydrogen-bond donors (Lipinski definition) is 2. The molecule has 0 atom stereocenters. The zero-order valence-corrected chi connectivity index (χ0v) is 16.7. The van der Waals surface area contributed by atoms with Crippen molar-refractivity contribution in [2.75, 3.05) is 12.3 Å². The first-order valence-electron chi connectivity index (χ1n) is 9.51. The predicted octanol–water partition coefficient (Wildman–Crippen LogP) is 2.83. The normalized spacial score (nSPS) is 15.8. The Morgan fingerprint density at radius 1 is 1.19 bits per heavy atom. The first-order valence-corrected chi connectivity index (χ1v) is 11.2. The molecule has 1 amide bonds. The van der Waals surface area contributed by atoms with Crippen molar-refractivity contribution in [3.63, 3.8) is 0 Å². The number of nitrogens with one attached hydrogen (secondary N) is 2. The van der Waals surface area contributed by atoms with Crippen molar-refractivity contribution in [1.29, 1.82) is 0 Å². The topological polar surface area (TPSA) is 88.2 Å². The van der Waals surface area contributed by atoms with Crippen molar-refractivity contribution in [1.82, 2.24) is 15.0 Å². The highest BCUT2D eigenvalue weighted by Gasteiger charge is 2.20. The van der Waals surface area contributed by atoms with Crippen molar-refractivity contribution in [2.45, 2.75) is 52.0 Å². The van der Waals surface area contributed by atoms with Crippen LogP contribution in [0.15, 0.2) is 24.3 Å². The molecular formula is C20H27N3O3S. The summed E-state index contributed by atoms with van der Waals surface area (Å²) < 4.78 is 27.2. The molecule has 0 saturated heterocycles. The van der Waals surface area contributed by atoms with Gasteiger partial charge in [-0.15, -0.1) is 0 Å². The number of aryl methyl sites for hydroxylation is 2. The van der Waals surface area contributed by atoms with Gasteiger partial charge in [0.1, 0.15) is 0 Å². The molecule has 0 radical (unpaired) electrons. The largest absolute Gasteiger partial charge is 0.351 e. The zero-order valence-electron chi connectivity index (χ0n) is 15.9. The standard InChI is InChI=1S/C20H27N3O3S/c1-14-7-6-8-16-13-18(15(2)22-19(14)16)20(24)21-11-12-27(25,26)23-17-9-4-3-5-10-17/h6-8,13,17,23H,3-5,9-12H2,1-2H3,(H,21,24). The second-order valence-corrected chi connectivity index (χ2v) is 9.17. The highest BCUT2D eigenvalue weighted by molar-refractivity contribution is 7.89. The number of para-hydroxylation sites is 1. The Morgan fingerprint density at radius 3 is 2.67 bits per heavy atom. The van der Waals surface area contributed by atoms with E-state index in [1.54, 1.807) is 6.92 Å². The summed E-state index contributed by atoms with van der Waals surface area (Å²) in [6.45, 7) is 3.85. The van der Waals surface area contributed by atoms with Gasteiger partial charge in [-0.25, -0.2) is 13.1 Å². The van der Waals surface area contributed by atoms with E-state index in [-0.39, 0.29) is 24.2 Å². The molecule has 146 valence electrons. The summed E-state index contributed by atoms with van der Waals surface area (Å²) >= 11 is 0. The molecule has 1 aliphatic rings. The molecule has 1 aliphatic carbocycles. The summed E-state index contributed by atoms with van der Waals surface area (Å²) in [4.78, 5) is 17.0. The Balaban J connectivity index is 1.60. The smallest absolute Gasteiger partial charge is 0.253 e. The monoisotopic (exact) mass is 389 g/mol. The molecule has 0 unspecified atom stereocenters. The fraction of sp³-hybridized carbons (Fsp3) is 0.500. The molecule has 1 aromatic heterocycles. The SMILES string of the molecule is Cc1nc2c(C)cccc2cc1C(=O)NCCS(=O)(=O)NC1CCCCC1. The molecule has 2 aromatic rings. The Labute approximate surface area is 160 Å². The third kappa shape index (κ3) is 5.05. The van der Waals surface area contributed by atoms with Crippen LogP contribution in [-0.2, 0) is 10.0 Å². The van der Waals surface area contributed by atoms with Gasteiger partial charge in [0.25, 0.3) is 5.91 Å². The van der Waals surface area contributed by atoms with Gasteiger partial charge >= 0.3 is 0 Å². The highest BCUT2D eigenvalue weighted by atomic mass is 32.2. The van der Waals surface area contributed by atoms with Gasteiger partial charge in [-0.2, -0.15) is 0 Å². The third-order valence-electron chi connectivity index (χ3n) is 5.09. The van der Waals surface area contributed by atoms with Crippen LogP contribution in [0.4, 0.5) is 0 Å². The van der Waals surface area contributed by atoms with Crippen molar-refractivity contribution < 1.29 is 13.2 Å². The lowest BCUT2D eigenvalue weighted by atomic mass is 9.96. The van der Waals surface area contributed by atoms with Gasteiger partial charge in [0.05, 0.1) is 22.5 Å². The minimum atomic E-state index is -3.39. The van der Waals surface area contributed by atoms with Crippen LogP contribution < -0.4 is 10.0 Å². The van der Waals surface area contributed by atoms with E-state index in [4.69, 9.17) is 0 Å². The van der Waals surface area contributed by atoms with Gasteiger partial charge in [0, 0.05) is 18.0 Å². The Bertz CT molecular complexity index is 935. The fourth-order valence-corrected chi connectivity index (χ4v) is 4.83. The van der Waals surface area contributed by atoms with E-state index in [1.165, 1.54) is 6.42 Å². The van der Waals surface area contributed by atoms with Gasteiger partial charge in [0.15, 0.2) is 0 Å². The highest BCUT2D eigenvalue weighted by Crippen LogP contribution is 2.20. The van der Waals surface area contributed by atoms with Crippen molar-refractivity contribution >= 4 is 26.8 Å². The molecule has 0 spiro atoms. The first kappa shape index (κ1) is 19.8. The lowest BCUT2D eigenvalue weighted by molar-refractivity contribution is 0.0955. The number of sulfonamides is 1. The molecule has 3 rings (SSSR count). The van der Waals surface area contributed by atoms with E-state index in [2.05, 4.69) is 15.0 Å². The number of carbonyl (C=O) groups is 1. The van der Waals surface area contributed by atoms with Crippen LogP contribution >= 0.6 is 0 Å². The van der Waals surface area contributed by atoms with Crippen LogP contribution in [0, 0.1) is 13.8 Å². The molecule has 1 aromatic carbocycles. The molecule has 1 saturated carbocycles. The van der Waals surface area contributed by atoms with Gasteiger partial charge in [-0.05, 0) is 38.3 Å². The van der Waals surface area contributed by atoms with Crippen LogP contribution in [0.3, 0.4) is 0 Å². The second-order valence-electron chi connectivity index (χ2n) is 7.30. The summed E-state index contributed by atoms with van der Waals surface area (Å²) in [5.41, 5.74) is 3.05. The molecule has 2 N–H and O–H groups in total. The quantitative estimate of drug-likeness (QED) is 0.795. The average Bonchev–Trinajstić information content (AvgIpc) is 2.62. The van der Waals surface area contributed by atoms with Gasteiger partial charge in [-0.3, -0.25) is 9.78 Å². The number of hydrogen-bond acceptors (Lipinski definition) is 4. The van der Waals surface area contributed by atoms with Gasteiger partial charge < -0.3 is 5.32 Å². The number of benzene rings is 1. The molecule has 1 fully saturated rings. The summed E-state index contributed by atoms with van der Waals surface area (Å²) in [5.74, 6) is -0.412. The van der Waals surface area contributed by atoms with Gasteiger partial charge in [-0.1, -0.05) is 37.5 Å². The molecule has 0 aliphatic heterocycles. The number of nitrogens with zero attached hydrogens (tertiary/aromatic N) is 1. The lowest BCUT2D eigenvalue weighted by Crippen LogP contribution is -2.40. The maximum Gasteiger partial charge on any atom is 0.253 e. The minimum Gasteiger partial charge on any atom is -0.351 e. The zero-order chi connectivity index (χ0) is 19.4. The molecule has 1 heterocycles. The number of fused-ring (bicyclic) bond motifs is 1. The van der Waals surface area contributed by atoms with Crippen molar-refractivity contribution in [3.05, 3.63) is 41.1 Å². The summed E-state index contributed by atoms with van der Waals surface area (Å²) in [5, 5.41) is 3.61. The van der Waals surface area contributed by atoms with Crippen molar-refractivity contribution in [3.8, 4) is 0 Å². The van der Waals surface area contributed by atoms with Gasteiger partial charge in [0.2, 0.25) is 10.0 Å². The molecule has 27 heavy (non-hydrogen) atoms. The molecule has 7 heteroatoms. The Morgan fingerprint density at radius 2 is 1.93 bits per heavy atom. The van der Waals surface area contributed by atoms with Crippen LogP contribution in [0.2, 0.25) is 0 Å². The van der Waals surface area contributed by atoms with Crippen LogP contribution in [0.25, 0.3) is 10.9 Å². The number of pyridine rings is 1. The minimum absolute atomic E-state index is 0.0367. The first-order chi connectivity index (χ1) is 12.9. The van der Waals surface area contributed by atoms with Crippen LogP contribution in [0.1, 0.15) is 53.7 Å². The van der Waals surface area contributed by atoms with E-state index in [0.717, 1.165) is 42.1 Å². The second kappa shape index (κ2) is 8.35. The Kier molecular flexibility index (Phi) is 6.11. The maximum absolute atomic E-state index is 12.5. The summed E-state index contributed by atoms with van der Waals surface area (Å²) in [6, 6.07) is 7.69. The number of rotatable bonds is 6. The van der Waals surface area contributed by atoms with Crippen molar-refractivity contribution in [2.24, 2.45) is 0 Å². The fourth-order valence-electron chi connectivity index (χ4n) is 3.60. The number of aromatic nitrogens is 1. The third-order valence-corrected chi connectivity index (χ3v) is 6.52. The van der Waals surface area contributed by atoms with E-state index >= 15 is 0 Å². The van der Waals surface area contributed by atoms with E-state index in [1.807, 2.05) is 31.2 Å². The Hall–Kier alpha value is -1.99. The molecule has 0 bridgehead atoms. The lowest BCUT2D eigenvalue weighted by Gasteiger charge is -2.22. The number of carbonyl (C=O) groups excluding carboxylic acids is 1. The van der Waals surface area contributed by atoms with E-state index < -0.39 is 10.0 Å². The van der Waals surface area contributed by atoms with Crippen LogP contribution in [0.5, 0.6) is 0 Å². The summed E-state index contributed by atoms with van der Waals surface area (Å²) in [7, 11) is -3.39. The van der Waals surface area contributed by atoms with Crippen LogP contribution in [-0.4, -0.2) is 37.6 Å². The molecule has 6 nitrogen and oxygen atoms in total. The van der Waals surface area contributed by atoms with E-state index in [9.17, 15) is 13.2 Å².